The number of aromatic nitrogens is 3. The number of hydrogen-bond acceptors (Lipinski definition) is 5. The highest BCUT2D eigenvalue weighted by Crippen LogP contribution is 2.28. The van der Waals surface area contributed by atoms with Crippen molar-refractivity contribution in [1.82, 2.24) is 15.0 Å². The van der Waals surface area contributed by atoms with E-state index in [-0.39, 0.29) is 5.91 Å². The van der Waals surface area contributed by atoms with E-state index in [1.165, 1.54) is 5.56 Å². The molecule has 6 nitrogen and oxygen atoms in total. The summed E-state index contributed by atoms with van der Waals surface area (Å²) in [6.45, 7) is 1.18. The lowest BCUT2D eigenvalue weighted by atomic mass is 10.2. The van der Waals surface area contributed by atoms with Crippen molar-refractivity contribution in [2.45, 2.75) is 13.0 Å². The monoisotopic (exact) mass is 331 g/mol. The first-order valence-electron chi connectivity index (χ1n) is 8.18. The Morgan fingerprint density at radius 2 is 1.92 bits per heavy atom. The van der Waals surface area contributed by atoms with Crippen LogP contribution in [0.25, 0.3) is 0 Å². The number of hydrogen-bond donors (Lipinski definition) is 1. The summed E-state index contributed by atoms with van der Waals surface area (Å²) in [5.74, 6) is 0.317. The van der Waals surface area contributed by atoms with Gasteiger partial charge >= 0.3 is 0 Å². The number of pyridine rings is 1. The lowest BCUT2D eigenvalue weighted by Gasteiger charge is -2.17. The van der Waals surface area contributed by atoms with Crippen molar-refractivity contribution in [3.8, 4) is 0 Å². The third kappa shape index (κ3) is 3.19. The lowest BCUT2D eigenvalue weighted by molar-refractivity contribution is 0.0984. The molecule has 0 unspecified atom stereocenters. The number of nitrogens with one attached hydrogen (secondary N) is 1. The number of carbonyl (C=O) groups is 1. The molecule has 3 heterocycles. The molecule has 0 saturated carbocycles. The van der Waals surface area contributed by atoms with Gasteiger partial charge < -0.3 is 10.2 Å². The predicted molar refractivity (Wildman–Crippen MR) is 95.4 cm³/mol. The Morgan fingerprint density at radius 3 is 2.80 bits per heavy atom. The summed E-state index contributed by atoms with van der Waals surface area (Å²) in [5.41, 5.74) is 3.43. The largest absolute Gasteiger partial charge is 0.349 e. The van der Waals surface area contributed by atoms with Crippen LogP contribution < -0.4 is 10.2 Å². The van der Waals surface area contributed by atoms with Crippen molar-refractivity contribution in [2.24, 2.45) is 0 Å². The third-order valence-electron chi connectivity index (χ3n) is 4.16. The van der Waals surface area contributed by atoms with Gasteiger partial charge in [-0.1, -0.05) is 24.3 Å². The second kappa shape index (κ2) is 6.68. The van der Waals surface area contributed by atoms with Gasteiger partial charge in [-0.3, -0.25) is 9.78 Å². The summed E-state index contributed by atoms with van der Waals surface area (Å²) in [7, 11) is 0. The van der Waals surface area contributed by atoms with E-state index < -0.39 is 0 Å². The summed E-state index contributed by atoms with van der Waals surface area (Å²) in [6.07, 6.45) is 4.21. The maximum absolute atomic E-state index is 12.8. The molecule has 0 fully saturated rings. The fourth-order valence-electron chi connectivity index (χ4n) is 2.92. The van der Waals surface area contributed by atoms with E-state index in [4.69, 9.17) is 0 Å². The van der Waals surface area contributed by atoms with Crippen molar-refractivity contribution in [2.75, 3.05) is 16.8 Å². The predicted octanol–water partition coefficient (Wildman–Crippen LogP) is 2.69. The molecular weight excluding hydrogens is 314 g/mol. The Bertz CT molecular complexity index is 897. The molecular formula is C19H17N5O. The average molecular weight is 331 g/mol. The molecule has 1 aliphatic rings. The Morgan fingerprint density at radius 1 is 1.04 bits per heavy atom. The molecule has 0 saturated heterocycles. The highest BCUT2D eigenvalue weighted by Gasteiger charge is 2.26. The first-order valence-corrected chi connectivity index (χ1v) is 8.18. The van der Waals surface area contributed by atoms with Crippen LogP contribution in [0.3, 0.4) is 0 Å². The van der Waals surface area contributed by atoms with Gasteiger partial charge in [0, 0.05) is 24.6 Å². The maximum Gasteiger partial charge on any atom is 0.277 e. The fourth-order valence-corrected chi connectivity index (χ4v) is 2.92. The zero-order chi connectivity index (χ0) is 17.1. The van der Waals surface area contributed by atoms with Crippen molar-refractivity contribution < 1.29 is 4.79 Å². The smallest absolute Gasteiger partial charge is 0.277 e. The van der Waals surface area contributed by atoms with Gasteiger partial charge in [-0.25, -0.2) is 9.97 Å². The van der Waals surface area contributed by atoms with E-state index >= 15 is 0 Å². The third-order valence-corrected chi connectivity index (χ3v) is 4.16. The van der Waals surface area contributed by atoms with Crippen LogP contribution in [0, 0.1) is 0 Å². The molecule has 0 radical (unpaired) electrons. The number of benzene rings is 1. The molecule has 1 amide bonds. The maximum atomic E-state index is 12.8. The molecule has 0 aliphatic carbocycles. The summed E-state index contributed by atoms with van der Waals surface area (Å²) in [4.78, 5) is 27.4. The van der Waals surface area contributed by atoms with Crippen LogP contribution >= 0.6 is 0 Å². The number of carbonyl (C=O) groups excluding carboxylic acids is 1. The normalized spacial score (nSPS) is 12.7. The van der Waals surface area contributed by atoms with Crippen molar-refractivity contribution in [3.05, 3.63) is 77.9 Å². The SMILES string of the molecule is O=C(c1ccnc(NCc2ccccn2)n1)N1CCc2ccccc21. The van der Waals surface area contributed by atoms with Crippen LogP contribution in [0.5, 0.6) is 0 Å². The van der Waals surface area contributed by atoms with Gasteiger partial charge in [-0.05, 0) is 36.2 Å². The molecule has 6 heteroatoms. The highest BCUT2D eigenvalue weighted by molar-refractivity contribution is 6.06. The van der Waals surface area contributed by atoms with Gasteiger partial charge in [0.05, 0.1) is 12.2 Å². The molecule has 124 valence electrons. The van der Waals surface area contributed by atoms with E-state index in [1.54, 1.807) is 23.4 Å². The Hall–Kier alpha value is -3.28. The Kier molecular flexibility index (Phi) is 4.08. The summed E-state index contributed by atoms with van der Waals surface area (Å²) in [6, 6.07) is 15.3. The number of fused-ring (bicyclic) bond motifs is 1. The number of rotatable bonds is 4. The zero-order valence-corrected chi connectivity index (χ0v) is 13.6. The van der Waals surface area contributed by atoms with Crippen LogP contribution in [-0.2, 0) is 13.0 Å². The topological polar surface area (TPSA) is 71.0 Å². The van der Waals surface area contributed by atoms with Gasteiger partial charge in [0.25, 0.3) is 5.91 Å². The van der Waals surface area contributed by atoms with Gasteiger partial charge in [0.2, 0.25) is 5.95 Å². The van der Waals surface area contributed by atoms with E-state index in [0.717, 1.165) is 17.8 Å². The van der Waals surface area contributed by atoms with Crippen LogP contribution in [0.1, 0.15) is 21.7 Å². The second-order valence-electron chi connectivity index (χ2n) is 5.78. The zero-order valence-electron chi connectivity index (χ0n) is 13.6. The first kappa shape index (κ1) is 15.3. The van der Waals surface area contributed by atoms with Crippen LogP contribution in [0.4, 0.5) is 11.6 Å². The van der Waals surface area contributed by atoms with Gasteiger partial charge in [0.1, 0.15) is 5.69 Å². The number of para-hydroxylation sites is 1. The van der Waals surface area contributed by atoms with Crippen molar-refractivity contribution in [3.63, 3.8) is 0 Å². The fraction of sp³-hybridized carbons (Fsp3) is 0.158. The van der Waals surface area contributed by atoms with Crippen LogP contribution in [0.2, 0.25) is 0 Å². The molecule has 0 atom stereocenters. The minimum absolute atomic E-state index is 0.103. The molecule has 1 aliphatic heterocycles. The van der Waals surface area contributed by atoms with Crippen LogP contribution in [-0.4, -0.2) is 27.4 Å². The van der Waals surface area contributed by atoms with E-state index in [0.29, 0.717) is 24.7 Å². The number of nitrogens with zero attached hydrogens (tertiary/aromatic N) is 4. The molecule has 3 aromatic rings. The summed E-state index contributed by atoms with van der Waals surface area (Å²) < 4.78 is 0. The van der Waals surface area contributed by atoms with Crippen molar-refractivity contribution in [1.29, 1.82) is 0 Å². The van der Waals surface area contributed by atoms with E-state index in [2.05, 4.69) is 26.3 Å². The molecule has 1 aromatic carbocycles. The van der Waals surface area contributed by atoms with E-state index in [9.17, 15) is 4.79 Å². The minimum Gasteiger partial charge on any atom is -0.349 e. The molecule has 0 bridgehead atoms. The second-order valence-corrected chi connectivity index (χ2v) is 5.78. The van der Waals surface area contributed by atoms with Gasteiger partial charge in [-0.2, -0.15) is 0 Å². The minimum atomic E-state index is -0.103. The summed E-state index contributed by atoms with van der Waals surface area (Å²) in [5, 5.41) is 3.11. The average Bonchev–Trinajstić information content (AvgIpc) is 3.11. The van der Waals surface area contributed by atoms with Crippen LogP contribution in [0.15, 0.2) is 60.9 Å². The first-order chi connectivity index (χ1) is 12.3. The molecule has 25 heavy (non-hydrogen) atoms. The number of anilines is 2. The molecule has 1 N–H and O–H groups in total. The molecule has 2 aromatic heterocycles. The molecule has 0 spiro atoms. The Balaban J connectivity index is 1.51. The Labute approximate surface area is 145 Å². The lowest BCUT2D eigenvalue weighted by Crippen LogP contribution is -2.29. The van der Waals surface area contributed by atoms with Gasteiger partial charge in [-0.15, -0.1) is 0 Å². The number of amides is 1. The van der Waals surface area contributed by atoms with Crippen molar-refractivity contribution >= 4 is 17.5 Å². The van der Waals surface area contributed by atoms with Gasteiger partial charge in [0.15, 0.2) is 0 Å². The quantitative estimate of drug-likeness (QED) is 0.796. The molecule has 4 rings (SSSR count). The van der Waals surface area contributed by atoms with E-state index in [1.807, 2.05) is 36.4 Å². The highest BCUT2D eigenvalue weighted by atomic mass is 16.2. The standard InChI is InChI=1S/C19H17N5O/c25-18(24-12-9-14-5-1-2-7-17(14)24)16-8-11-21-19(23-16)22-13-15-6-3-4-10-20-15/h1-8,10-11H,9,12-13H2,(H,21,22,23). The summed E-state index contributed by atoms with van der Waals surface area (Å²) >= 11 is 0.